The Hall–Kier alpha value is -1.52. The highest BCUT2D eigenvalue weighted by molar-refractivity contribution is 6.32. The van der Waals surface area contributed by atoms with E-state index in [2.05, 4.69) is 16.7 Å². The van der Waals surface area contributed by atoms with E-state index in [1.54, 1.807) is 6.07 Å². The lowest BCUT2D eigenvalue weighted by Crippen LogP contribution is -2.26. The average molecular weight is 281 g/mol. The summed E-state index contributed by atoms with van der Waals surface area (Å²) in [5.74, 6) is -0.186. The molecule has 5 heteroatoms. The van der Waals surface area contributed by atoms with Crippen molar-refractivity contribution in [1.29, 1.82) is 0 Å². The second kappa shape index (κ2) is 6.59. The van der Waals surface area contributed by atoms with E-state index in [0.717, 1.165) is 25.9 Å². The van der Waals surface area contributed by atoms with Gasteiger partial charge < -0.3 is 15.7 Å². The van der Waals surface area contributed by atoms with Gasteiger partial charge in [0.25, 0.3) is 5.91 Å². The fraction of sp³-hybridized carbons (Fsp3) is 0.357. The number of carbonyl (C=O) groups excluding carboxylic acids is 1. The number of rotatable bonds is 4. The number of halogens is 1. The Morgan fingerprint density at radius 3 is 3.00 bits per heavy atom. The summed E-state index contributed by atoms with van der Waals surface area (Å²) in [5, 5.41) is 15.6. The van der Waals surface area contributed by atoms with Crippen molar-refractivity contribution in [1.82, 2.24) is 10.6 Å². The van der Waals surface area contributed by atoms with E-state index >= 15 is 0 Å². The van der Waals surface area contributed by atoms with Crippen molar-refractivity contribution in [3.63, 3.8) is 0 Å². The summed E-state index contributed by atoms with van der Waals surface area (Å²) in [6.07, 6.45) is 4.09. The van der Waals surface area contributed by atoms with Crippen LogP contribution in [0.15, 0.2) is 29.8 Å². The highest BCUT2D eigenvalue weighted by Crippen LogP contribution is 2.23. The minimum Gasteiger partial charge on any atom is -0.506 e. The number of aromatic hydroxyl groups is 1. The van der Waals surface area contributed by atoms with Gasteiger partial charge in [0.1, 0.15) is 5.75 Å². The molecular weight excluding hydrogens is 264 g/mol. The molecule has 0 radical (unpaired) electrons. The van der Waals surface area contributed by atoms with Crippen LogP contribution in [0.3, 0.4) is 0 Å². The van der Waals surface area contributed by atoms with E-state index in [-0.39, 0.29) is 16.7 Å². The molecule has 0 fully saturated rings. The number of hydrogen-bond donors (Lipinski definition) is 3. The fourth-order valence-corrected chi connectivity index (χ4v) is 2.16. The van der Waals surface area contributed by atoms with Gasteiger partial charge in [0.05, 0.1) is 5.02 Å². The van der Waals surface area contributed by atoms with Crippen LogP contribution in [0.4, 0.5) is 0 Å². The van der Waals surface area contributed by atoms with Crippen LogP contribution < -0.4 is 10.6 Å². The minimum absolute atomic E-state index is 0.0157. The van der Waals surface area contributed by atoms with Crippen LogP contribution in [0, 0.1) is 0 Å². The molecule has 0 saturated heterocycles. The first-order chi connectivity index (χ1) is 9.16. The summed E-state index contributed by atoms with van der Waals surface area (Å²) in [5.41, 5.74) is 1.84. The maximum absolute atomic E-state index is 11.9. The van der Waals surface area contributed by atoms with Crippen LogP contribution in [0.25, 0.3) is 0 Å². The molecule has 0 spiro atoms. The molecule has 0 saturated carbocycles. The topological polar surface area (TPSA) is 61.4 Å². The van der Waals surface area contributed by atoms with Gasteiger partial charge in [-0.2, -0.15) is 0 Å². The van der Waals surface area contributed by atoms with Gasteiger partial charge in [-0.25, -0.2) is 0 Å². The van der Waals surface area contributed by atoms with E-state index < -0.39 is 0 Å². The first-order valence-corrected chi connectivity index (χ1v) is 6.70. The molecule has 0 unspecified atom stereocenters. The van der Waals surface area contributed by atoms with Crippen LogP contribution in [0.1, 0.15) is 23.2 Å². The molecule has 1 aromatic rings. The van der Waals surface area contributed by atoms with E-state index in [9.17, 15) is 9.90 Å². The number of phenolic OH excluding ortho intramolecular Hbond substituents is 1. The maximum atomic E-state index is 11.9. The lowest BCUT2D eigenvalue weighted by Gasteiger charge is -2.14. The second-order valence-electron chi connectivity index (χ2n) is 4.49. The van der Waals surface area contributed by atoms with Crippen LogP contribution in [0.2, 0.25) is 5.02 Å². The van der Waals surface area contributed by atoms with Gasteiger partial charge in [0.2, 0.25) is 0 Å². The number of benzene rings is 1. The Morgan fingerprint density at radius 1 is 1.47 bits per heavy atom. The van der Waals surface area contributed by atoms with Crippen LogP contribution >= 0.6 is 11.6 Å². The zero-order valence-corrected chi connectivity index (χ0v) is 11.3. The third kappa shape index (κ3) is 3.98. The van der Waals surface area contributed by atoms with Crippen molar-refractivity contribution in [2.75, 3.05) is 19.6 Å². The molecule has 1 heterocycles. The van der Waals surface area contributed by atoms with Gasteiger partial charge in [-0.15, -0.1) is 0 Å². The maximum Gasteiger partial charge on any atom is 0.251 e. The molecular formula is C14H17ClN2O2. The predicted molar refractivity (Wildman–Crippen MR) is 75.6 cm³/mol. The van der Waals surface area contributed by atoms with Gasteiger partial charge in [-0.05, 0) is 37.6 Å². The zero-order chi connectivity index (χ0) is 13.7. The van der Waals surface area contributed by atoms with Crippen molar-refractivity contribution >= 4 is 17.5 Å². The van der Waals surface area contributed by atoms with Gasteiger partial charge in [-0.3, -0.25) is 4.79 Å². The van der Waals surface area contributed by atoms with Crippen LogP contribution in [0.5, 0.6) is 5.75 Å². The molecule has 1 aliphatic heterocycles. The second-order valence-corrected chi connectivity index (χ2v) is 4.90. The molecule has 1 aromatic carbocycles. The average Bonchev–Trinajstić information content (AvgIpc) is 2.43. The Bertz CT molecular complexity index is 500. The first kappa shape index (κ1) is 13.9. The van der Waals surface area contributed by atoms with Crippen molar-refractivity contribution in [2.24, 2.45) is 0 Å². The molecule has 2 rings (SSSR count). The van der Waals surface area contributed by atoms with Crippen LogP contribution in [-0.4, -0.2) is 30.6 Å². The molecule has 3 N–H and O–H groups in total. The summed E-state index contributed by atoms with van der Waals surface area (Å²) in [7, 11) is 0. The first-order valence-electron chi connectivity index (χ1n) is 6.32. The largest absolute Gasteiger partial charge is 0.506 e. The van der Waals surface area contributed by atoms with Crippen molar-refractivity contribution in [3.8, 4) is 5.75 Å². The number of carbonyl (C=O) groups is 1. The zero-order valence-electron chi connectivity index (χ0n) is 10.6. The normalized spacial score (nSPS) is 14.9. The number of nitrogens with one attached hydrogen (secondary N) is 2. The van der Waals surface area contributed by atoms with E-state index in [1.165, 1.54) is 17.7 Å². The van der Waals surface area contributed by atoms with Gasteiger partial charge in [0, 0.05) is 18.7 Å². The van der Waals surface area contributed by atoms with Crippen LogP contribution in [-0.2, 0) is 0 Å². The number of hydrogen-bond acceptors (Lipinski definition) is 3. The Morgan fingerprint density at radius 2 is 2.32 bits per heavy atom. The lowest BCUT2D eigenvalue weighted by molar-refractivity contribution is 0.0954. The minimum atomic E-state index is -0.170. The van der Waals surface area contributed by atoms with E-state index in [1.807, 2.05) is 0 Å². The highest BCUT2D eigenvalue weighted by Gasteiger charge is 2.08. The van der Waals surface area contributed by atoms with E-state index in [0.29, 0.717) is 12.1 Å². The molecule has 0 bridgehead atoms. The summed E-state index contributed by atoms with van der Waals surface area (Å²) in [6, 6.07) is 4.45. The van der Waals surface area contributed by atoms with Gasteiger partial charge >= 0.3 is 0 Å². The third-order valence-electron chi connectivity index (χ3n) is 3.10. The fourth-order valence-electron chi connectivity index (χ4n) is 1.98. The van der Waals surface area contributed by atoms with Crippen molar-refractivity contribution < 1.29 is 9.90 Å². The van der Waals surface area contributed by atoms with Gasteiger partial charge in [-0.1, -0.05) is 23.3 Å². The monoisotopic (exact) mass is 280 g/mol. The summed E-state index contributed by atoms with van der Waals surface area (Å²) in [6.45, 7) is 2.54. The third-order valence-corrected chi connectivity index (χ3v) is 3.40. The highest BCUT2D eigenvalue weighted by atomic mass is 35.5. The Kier molecular flexibility index (Phi) is 4.82. The predicted octanol–water partition coefficient (Wildman–Crippen LogP) is 2.09. The molecule has 102 valence electrons. The molecule has 19 heavy (non-hydrogen) atoms. The van der Waals surface area contributed by atoms with E-state index in [4.69, 9.17) is 11.6 Å². The Balaban J connectivity index is 1.83. The smallest absolute Gasteiger partial charge is 0.251 e. The molecule has 0 aliphatic carbocycles. The summed E-state index contributed by atoms with van der Waals surface area (Å²) in [4.78, 5) is 11.9. The molecule has 1 amide bonds. The summed E-state index contributed by atoms with van der Waals surface area (Å²) >= 11 is 5.77. The Labute approximate surface area is 117 Å². The molecule has 0 aromatic heterocycles. The standard InChI is InChI=1S/C14H17ClN2O2/c15-12-9-11(1-2-13(12)18)14(19)17-8-5-10-3-6-16-7-4-10/h1-3,9,16,18H,4-8H2,(H,17,19). The lowest BCUT2D eigenvalue weighted by atomic mass is 10.1. The molecule has 4 nitrogen and oxygen atoms in total. The quantitative estimate of drug-likeness (QED) is 0.740. The van der Waals surface area contributed by atoms with Gasteiger partial charge in [0.15, 0.2) is 0 Å². The number of amides is 1. The SMILES string of the molecule is O=C(NCCC1=CCNCC1)c1ccc(O)c(Cl)c1. The molecule has 0 atom stereocenters. The van der Waals surface area contributed by atoms with Crippen molar-refractivity contribution in [2.45, 2.75) is 12.8 Å². The summed E-state index contributed by atoms with van der Waals surface area (Å²) < 4.78 is 0. The number of phenols is 1. The van der Waals surface area contributed by atoms with Crippen molar-refractivity contribution in [3.05, 3.63) is 40.4 Å². The molecule has 1 aliphatic rings.